The molecule has 98 valence electrons. The lowest BCUT2D eigenvalue weighted by molar-refractivity contribution is 0.162. The van der Waals surface area contributed by atoms with Crippen molar-refractivity contribution in [2.45, 2.75) is 52.8 Å². The normalized spacial score (nSPS) is 13.3. The Morgan fingerprint density at radius 1 is 1.47 bits per heavy atom. The van der Waals surface area contributed by atoms with Gasteiger partial charge in [-0.3, -0.25) is 4.68 Å². The maximum absolute atomic E-state index is 9.27. The van der Waals surface area contributed by atoms with Crippen molar-refractivity contribution < 1.29 is 5.11 Å². The van der Waals surface area contributed by atoms with Crippen LogP contribution in [0, 0.1) is 0 Å². The molecule has 1 rings (SSSR count). The van der Waals surface area contributed by atoms with Crippen molar-refractivity contribution in [3.05, 3.63) is 17.5 Å². The van der Waals surface area contributed by atoms with E-state index in [1.807, 2.05) is 6.92 Å². The van der Waals surface area contributed by atoms with Crippen molar-refractivity contribution in [1.29, 1.82) is 0 Å². The van der Waals surface area contributed by atoms with Crippen LogP contribution in [0.2, 0.25) is 0 Å². The van der Waals surface area contributed by atoms with Gasteiger partial charge in [-0.05, 0) is 39.8 Å². The number of nitrogens with zero attached hydrogens (tertiary/aromatic N) is 3. The molecule has 0 saturated heterocycles. The zero-order valence-electron chi connectivity index (χ0n) is 11.5. The number of aryl methyl sites for hydroxylation is 2. The van der Waals surface area contributed by atoms with E-state index in [9.17, 15) is 5.11 Å². The quantitative estimate of drug-likeness (QED) is 0.787. The Labute approximate surface area is 104 Å². The monoisotopic (exact) mass is 239 g/mol. The third kappa shape index (κ3) is 4.48. The summed E-state index contributed by atoms with van der Waals surface area (Å²) in [4.78, 5) is 2.23. The van der Waals surface area contributed by atoms with Gasteiger partial charge >= 0.3 is 0 Å². The molecule has 0 spiro atoms. The van der Waals surface area contributed by atoms with Gasteiger partial charge in [-0.1, -0.05) is 6.92 Å². The van der Waals surface area contributed by atoms with Gasteiger partial charge in [0.25, 0.3) is 0 Å². The highest BCUT2D eigenvalue weighted by molar-refractivity contribution is 5.10. The molecular formula is C13H25N3O. The van der Waals surface area contributed by atoms with Crippen LogP contribution >= 0.6 is 0 Å². The Morgan fingerprint density at radius 2 is 2.18 bits per heavy atom. The van der Waals surface area contributed by atoms with Crippen LogP contribution in [-0.4, -0.2) is 39.5 Å². The first-order valence-corrected chi connectivity index (χ1v) is 6.49. The standard InChI is InChI=1S/C13H25N3O/c1-5-12-9-13(16(6-2)14-12)10-15(4)8-7-11(3)17/h9,11,17H,5-8,10H2,1-4H3. The number of aliphatic hydroxyl groups is 1. The summed E-state index contributed by atoms with van der Waals surface area (Å²) in [5.41, 5.74) is 2.42. The van der Waals surface area contributed by atoms with E-state index < -0.39 is 0 Å². The summed E-state index contributed by atoms with van der Waals surface area (Å²) >= 11 is 0. The average molecular weight is 239 g/mol. The third-order valence-electron chi connectivity index (χ3n) is 2.94. The second-order valence-corrected chi connectivity index (χ2v) is 4.67. The summed E-state index contributed by atoms with van der Waals surface area (Å²) in [6.07, 6.45) is 1.58. The summed E-state index contributed by atoms with van der Waals surface area (Å²) in [5, 5.41) is 13.8. The van der Waals surface area contributed by atoms with Gasteiger partial charge in [0.05, 0.1) is 17.5 Å². The summed E-state index contributed by atoms with van der Waals surface area (Å²) < 4.78 is 2.07. The molecule has 0 aromatic carbocycles. The van der Waals surface area contributed by atoms with Crippen molar-refractivity contribution in [1.82, 2.24) is 14.7 Å². The van der Waals surface area contributed by atoms with Gasteiger partial charge in [0.2, 0.25) is 0 Å². The molecule has 0 amide bonds. The molecule has 0 saturated carbocycles. The number of aliphatic hydroxyl groups excluding tert-OH is 1. The van der Waals surface area contributed by atoms with Crippen LogP contribution in [0.5, 0.6) is 0 Å². The van der Waals surface area contributed by atoms with Crippen molar-refractivity contribution >= 4 is 0 Å². The largest absolute Gasteiger partial charge is 0.393 e. The molecule has 0 aliphatic carbocycles. The molecule has 0 aliphatic heterocycles. The molecule has 17 heavy (non-hydrogen) atoms. The molecule has 4 heteroatoms. The van der Waals surface area contributed by atoms with Crippen LogP contribution in [0.1, 0.15) is 38.6 Å². The molecule has 0 fully saturated rings. The van der Waals surface area contributed by atoms with Crippen LogP contribution in [0.4, 0.5) is 0 Å². The van der Waals surface area contributed by atoms with Crippen molar-refractivity contribution in [2.24, 2.45) is 0 Å². The second-order valence-electron chi connectivity index (χ2n) is 4.67. The van der Waals surface area contributed by atoms with E-state index in [1.54, 1.807) is 0 Å². The van der Waals surface area contributed by atoms with E-state index in [1.165, 1.54) is 5.69 Å². The molecular weight excluding hydrogens is 214 g/mol. The minimum absolute atomic E-state index is 0.222. The van der Waals surface area contributed by atoms with Gasteiger partial charge in [-0.15, -0.1) is 0 Å². The highest BCUT2D eigenvalue weighted by Gasteiger charge is 2.08. The molecule has 0 aliphatic rings. The Balaban J connectivity index is 2.57. The maximum Gasteiger partial charge on any atom is 0.0625 e. The molecule has 1 N–H and O–H groups in total. The van der Waals surface area contributed by atoms with E-state index in [0.29, 0.717) is 0 Å². The van der Waals surface area contributed by atoms with Crippen LogP contribution in [0.25, 0.3) is 0 Å². The first-order chi connectivity index (χ1) is 8.06. The number of hydrogen-bond acceptors (Lipinski definition) is 3. The Hall–Kier alpha value is -0.870. The molecule has 4 nitrogen and oxygen atoms in total. The van der Waals surface area contributed by atoms with E-state index in [0.717, 1.165) is 38.2 Å². The van der Waals surface area contributed by atoms with Crippen LogP contribution < -0.4 is 0 Å². The van der Waals surface area contributed by atoms with Gasteiger partial charge in [0.1, 0.15) is 0 Å². The lowest BCUT2D eigenvalue weighted by Crippen LogP contribution is -2.23. The lowest BCUT2D eigenvalue weighted by Gasteiger charge is -2.17. The lowest BCUT2D eigenvalue weighted by atomic mass is 10.2. The first kappa shape index (κ1) is 14.2. The van der Waals surface area contributed by atoms with Gasteiger partial charge in [-0.25, -0.2) is 0 Å². The smallest absolute Gasteiger partial charge is 0.0625 e. The van der Waals surface area contributed by atoms with Crippen molar-refractivity contribution in [2.75, 3.05) is 13.6 Å². The zero-order chi connectivity index (χ0) is 12.8. The molecule has 0 radical (unpaired) electrons. The van der Waals surface area contributed by atoms with Crippen LogP contribution in [-0.2, 0) is 19.5 Å². The predicted molar refractivity (Wildman–Crippen MR) is 69.9 cm³/mol. The Morgan fingerprint density at radius 3 is 2.71 bits per heavy atom. The molecule has 0 bridgehead atoms. The predicted octanol–water partition coefficient (Wildman–Crippen LogP) is 1.67. The molecule has 1 heterocycles. The fraction of sp³-hybridized carbons (Fsp3) is 0.769. The topological polar surface area (TPSA) is 41.3 Å². The van der Waals surface area contributed by atoms with E-state index in [4.69, 9.17) is 0 Å². The molecule has 1 atom stereocenters. The Bertz CT molecular complexity index is 333. The van der Waals surface area contributed by atoms with Crippen LogP contribution in [0.3, 0.4) is 0 Å². The molecule has 1 unspecified atom stereocenters. The molecule has 1 aromatic heterocycles. The number of aromatic nitrogens is 2. The summed E-state index contributed by atoms with van der Waals surface area (Å²) in [7, 11) is 2.08. The summed E-state index contributed by atoms with van der Waals surface area (Å²) in [6.45, 7) is 8.80. The minimum atomic E-state index is -0.222. The fourth-order valence-electron chi connectivity index (χ4n) is 1.85. The zero-order valence-corrected chi connectivity index (χ0v) is 11.5. The first-order valence-electron chi connectivity index (χ1n) is 6.49. The highest BCUT2D eigenvalue weighted by Crippen LogP contribution is 2.08. The Kier molecular flexibility index (Phi) is 5.65. The number of hydrogen-bond donors (Lipinski definition) is 1. The SMILES string of the molecule is CCc1cc(CN(C)CCC(C)O)n(CC)n1. The summed E-state index contributed by atoms with van der Waals surface area (Å²) in [6, 6.07) is 2.18. The molecule has 1 aromatic rings. The highest BCUT2D eigenvalue weighted by atomic mass is 16.3. The van der Waals surface area contributed by atoms with E-state index >= 15 is 0 Å². The van der Waals surface area contributed by atoms with Crippen molar-refractivity contribution in [3.63, 3.8) is 0 Å². The third-order valence-corrected chi connectivity index (χ3v) is 2.94. The second kappa shape index (κ2) is 6.77. The van der Waals surface area contributed by atoms with Gasteiger partial charge in [0.15, 0.2) is 0 Å². The summed E-state index contributed by atoms with van der Waals surface area (Å²) in [5.74, 6) is 0. The minimum Gasteiger partial charge on any atom is -0.393 e. The fourth-order valence-corrected chi connectivity index (χ4v) is 1.85. The van der Waals surface area contributed by atoms with Gasteiger partial charge in [-0.2, -0.15) is 5.10 Å². The average Bonchev–Trinajstić information content (AvgIpc) is 2.68. The maximum atomic E-state index is 9.27. The van der Waals surface area contributed by atoms with Gasteiger partial charge < -0.3 is 10.0 Å². The van der Waals surface area contributed by atoms with Crippen LogP contribution in [0.15, 0.2) is 6.07 Å². The van der Waals surface area contributed by atoms with E-state index in [2.05, 4.69) is 41.6 Å². The number of rotatable bonds is 7. The van der Waals surface area contributed by atoms with Crippen molar-refractivity contribution in [3.8, 4) is 0 Å². The van der Waals surface area contributed by atoms with Gasteiger partial charge in [0, 0.05) is 19.6 Å². The van der Waals surface area contributed by atoms with E-state index in [-0.39, 0.29) is 6.10 Å².